The first kappa shape index (κ1) is 13.0. The second kappa shape index (κ2) is 5.31. The minimum Gasteiger partial charge on any atom is -0.353 e. The topological polar surface area (TPSA) is 56.1 Å². The van der Waals surface area contributed by atoms with Gasteiger partial charge in [-0.1, -0.05) is 13.3 Å². The summed E-state index contributed by atoms with van der Waals surface area (Å²) in [5.74, 6) is -0.00280. The molecule has 1 heterocycles. The lowest BCUT2D eigenvalue weighted by atomic mass is 9.94. The summed E-state index contributed by atoms with van der Waals surface area (Å²) in [6.45, 7) is 7.93. The Morgan fingerprint density at radius 2 is 2.31 bits per heavy atom. The van der Waals surface area contributed by atoms with E-state index in [1.54, 1.807) is 0 Å². The Morgan fingerprint density at radius 1 is 1.62 bits per heavy atom. The highest BCUT2D eigenvalue weighted by Crippen LogP contribution is 2.23. The van der Waals surface area contributed by atoms with Crippen LogP contribution in [0.5, 0.6) is 0 Å². The maximum Gasteiger partial charge on any atom is 0.238 e. The van der Waals surface area contributed by atoms with E-state index in [0.29, 0.717) is 6.54 Å². The van der Waals surface area contributed by atoms with Gasteiger partial charge in [0.05, 0.1) is 12.5 Å². The first-order valence-electron chi connectivity index (χ1n) is 5.94. The van der Waals surface area contributed by atoms with Gasteiger partial charge in [0.15, 0.2) is 0 Å². The van der Waals surface area contributed by atoms with Crippen LogP contribution in [-0.2, 0) is 4.79 Å². The van der Waals surface area contributed by atoms with Crippen LogP contribution in [-0.4, -0.2) is 35.5 Å². The zero-order valence-electron chi connectivity index (χ0n) is 10.4. The SMILES string of the molecule is CCCCN1C(CC#N)C(=O)NCC1(C)C. The lowest BCUT2D eigenvalue weighted by Crippen LogP contribution is -2.65. The van der Waals surface area contributed by atoms with E-state index < -0.39 is 0 Å². The van der Waals surface area contributed by atoms with Crippen molar-refractivity contribution in [3.05, 3.63) is 0 Å². The van der Waals surface area contributed by atoms with Crippen LogP contribution in [0.1, 0.15) is 40.0 Å². The van der Waals surface area contributed by atoms with E-state index in [-0.39, 0.29) is 23.9 Å². The number of nitrogens with zero attached hydrogens (tertiary/aromatic N) is 2. The van der Waals surface area contributed by atoms with Crippen molar-refractivity contribution in [2.24, 2.45) is 0 Å². The maximum atomic E-state index is 11.7. The fourth-order valence-corrected chi connectivity index (χ4v) is 2.16. The molecule has 90 valence electrons. The highest BCUT2D eigenvalue weighted by molar-refractivity contribution is 5.83. The molecule has 1 aliphatic heterocycles. The molecule has 1 rings (SSSR count). The second-order valence-electron chi connectivity index (χ2n) is 4.96. The second-order valence-corrected chi connectivity index (χ2v) is 4.96. The molecule has 0 spiro atoms. The third kappa shape index (κ3) is 2.73. The highest BCUT2D eigenvalue weighted by atomic mass is 16.2. The van der Waals surface area contributed by atoms with Gasteiger partial charge in [0, 0.05) is 12.1 Å². The smallest absolute Gasteiger partial charge is 0.238 e. The molecular weight excluding hydrogens is 202 g/mol. The Balaban J connectivity index is 2.81. The molecule has 0 bridgehead atoms. The van der Waals surface area contributed by atoms with Crippen LogP contribution in [0.15, 0.2) is 0 Å². The summed E-state index contributed by atoms with van der Waals surface area (Å²) < 4.78 is 0. The van der Waals surface area contributed by atoms with Gasteiger partial charge in [-0.25, -0.2) is 0 Å². The van der Waals surface area contributed by atoms with Gasteiger partial charge >= 0.3 is 0 Å². The summed E-state index contributed by atoms with van der Waals surface area (Å²) in [6, 6.07) is 1.83. The van der Waals surface area contributed by atoms with Crippen LogP contribution in [0.25, 0.3) is 0 Å². The molecule has 4 heteroatoms. The van der Waals surface area contributed by atoms with Crippen LogP contribution >= 0.6 is 0 Å². The van der Waals surface area contributed by atoms with E-state index in [9.17, 15) is 4.79 Å². The minimum absolute atomic E-state index is 0.00280. The molecule has 16 heavy (non-hydrogen) atoms. The molecule has 0 aromatic rings. The van der Waals surface area contributed by atoms with Crippen molar-refractivity contribution >= 4 is 5.91 Å². The predicted molar refractivity (Wildman–Crippen MR) is 62.7 cm³/mol. The zero-order chi connectivity index (χ0) is 12.2. The Hall–Kier alpha value is -1.08. The fourth-order valence-electron chi connectivity index (χ4n) is 2.16. The minimum atomic E-state index is -0.278. The normalized spacial score (nSPS) is 24.9. The van der Waals surface area contributed by atoms with Crippen molar-refractivity contribution in [1.82, 2.24) is 10.2 Å². The Labute approximate surface area is 97.6 Å². The molecule has 0 aliphatic carbocycles. The molecule has 0 saturated carbocycles. The number of amides is 1. The van der Waals surface area contributed by atoms with Gasteiger partial charge < -0.3 is 5.32 Å². The van der Waals surface area contributed by atoms with Crippen molar-refractivity contribution in [2.45, 2.75) is 51.6 Å². The van der Waals surface area contributed by atoms with Gasteiger partial charge in [-0.2, -0.15) is 5.26 Å². The van der Waals surface area contributed by atoms with Crippen LogP contribution in [0.2, 0.25) is 0 Å². The maximum absolute atomic E-state index is 11.7. The number of carbonyl (C=O) groups excluding carboxylic acids is 1. The fraction of sp³-hybridized carbons (Fsp3) is 0.833. The van der Waals surface area contributed by atoms with E-state index in [1.807, 2.05) is 0 Å². The molecule has 1 amide bonds. The third-order valence-electron chi connectivity index (χ3n) is 3.19. The molecule has 4 nitrogen and oxygen atoms in total. The first-order valence-corrected chi connectivity index (χ1v) is 5.94. The zero-order valence-corrected chi connectivity index (χ0v) is 10.4. The van der Waals surface area contributed by atoms with Gasteiger partial charge in [-0.3, -0.25) is 9.69 Å². The van der Waals surface area contributed by atoms with Gasteiger partial charge in [0.1, 0.15) is 6.04 Å². The molecule has 0 radical (unpaired) electrons. The number of unbranched alkanes of at least 4 members (excludes halogenated alkanes) is 1. The summed E-state index contributed by atoms with van der Waals surface area (Å²) >= 11 is 0. The number of nitrogens with one attached hydrogen (secondary N) is 1. The van der Waals surface area contributed by atoms with Crippen molar-refractivity contribution in [3.8, 4) is 6.07 Å². The van der Waals surface area contributed by atoms with Gasteiger partial charge in [0.2, 0.25) is 5.91 Å². The number of hydrogen-bond acceptors (Lipinski definition) is 3. The van der Waals surface area contributed by atoms with Crippen LogP contribution in [0, 0.1) is 11.3 Å². The van der Waals surface area contributed by atoms with Crippen molar-refractivity contribution < 1.29 is 4.79 Å². The van der Waals surface area contributed by atoms with E-state index >= 15 is 0 Å². The summed E-state index contributed by atoms with van der Waals surface area (Å²) in [5, 5.41) is 11.7. The van der Waals surface area contributed by atoms with Gasteiger partial charge in [-0.05, 0) is 26.8 Å². The van der Waals surface area contributed by atoms with E-state index in [1.165, 1.54) is 0 Å². The molecule has 1 unspecified atom stereocenters. The van der Waals surface area contributed by atoms with Crippen molar-refractivity contribution in [2.75, 3.05) is 13.1 Å². The molecule has 0 aromatic carbocycles. The third-order valence-corrected chi connectivity index (χ3v) is 3.19. The molecule has 1 atom stereocenters. The van der Waals surface area contributed by atoms with Gasteiger partial charge in [0.25, 0.3) is 0 Å². The van der Waals surface area contributed by atoms with E-state index in [2.05, 4.69) is 37.1 Å². The molecule has 1 fully saturated rings. The Morgan fingerprint density at radius 3 is 2.88 bits per heavy atom. The summed E-state index contributed by atoms with van der Waals surface area (Å²) in [6.07, 6.45) is 2.45. The Bertz CT molecular complexity index is 293. The number of hydrogen-bond donors (Lipinski definition) is 1. The average molecular weight is 223 g/mol. The number of carbonyl (C=O) groups is 1. The average Bonchev–Trinajstić information content (AvgIpc) is 2.23. The number of piperazine rings is 1. The quantitative estimate of drug-likeness (QED) is 0.781. The number of rotatable bonds is 4. The standard InChI is InChI=1S/C12H21N3O/c1-4-5-8-15-10(6-7-13)11(16)14-9-12(15,2)3/h10H,4-6,8-9H2,1-3H3,(H,14,16). The Kier molecular flexibility index (Phi) is 4.31. The summed E-state index contributed by atoms with van der Waals surface area (Å²) in [4.78, 5) is 13.9. The van der Waals surface area contributed by atoms with Crippen LogP contribution < -0.4 is 5.32 Å². The largest absolute Gasteiger partial charge is 0.353 e. The van der Waals surface area contributed by atoms with Crippen LogP contribution in [0.4, 0.5) is 0 Å². The lowest BCUT2D eigenvalue weighted by Gasteiger charge is -2.46. The first-order chi connectivity index (χ1) is 7.53. The van der Waals surface area contributed by atoms with E-state index in [0.717, 1.165) is 19.4 Å². The van der Waals surface area contributed by atoms with Gasteiger partial charge in [-0.15, -0.1) is 0 Å². The predicted octanol–water partition coefficient (Wildman–Crippen LogP) is 1.28. The van der Waals surface area contributed by atoms with E-state index in [4.69, 9.17) is 5.26 Å². The molecule has 1 N–H and O–H groups in total. The lowest BCUT2D eigenvalue weighted by molar-refractivity contribution is -0.134. The van der Waals surface area contributed by atoms with Crippen LogP contribution in [0.3, 0.4) is 0 Å². The summed E-state index contributed by atoms with van der Waals surface area (Å²) in [5.41, 5.74) is -0.0510. The molecular formula is C12H21N3O. The van der Waals surface area contributed by atoms with Crippen molar-refractivity contribution in [1.29, 1.82) is 5.26 Å². The molecule has 0 aromatic heterocycles. The van der Waals surface area contributed by atoms with Crippen molar-refractivity contribution in [3.63, 3.8) is 0 Å². The molecule has 1 aliphatic rings. The monoisotopic (exact) mass is 223 g/mol. The highest BCUT2D eigenvalue weighted by Gasteiger charge is 2.40. The number of nitriles is 1. The molecule has 1 saturated heterocycles. The summed E-state index contributed by atoms with van der Waals surface area (Å²) in [7, 11) is 0.